The number of hydrogen-bond acceptors (Lipinski definition) is 5. The van der Waals surface area contributed by atoms with Crippen LogP contribution in [0.5, 0.6) is 0 Å². The van der Waals surface area contributed by atoms with E-state index >= 15 is 0 Å². The fourth-order valence-electron chi connectivity index (χ4n) is 4.06. The van der Waals surface area contributed by atoms with Crippen LogP contribution >= 0.6 is 0 Å². The molecule has 28 heavy (non-hydrogen) atoms. The molecule has 7 nitrogen and oxygen atoms in total. The van der Waals surface area contributed by atoms with Gasteiger partial charge in [-0.15, -0.1) is 0 Å². The Bertz CT molecular complexity index is 906. The van der Waals surface area contributed by atoms with Gasteiger partial charge >= 0.3 is 5.97 Å². The lowest BCUT2D eigenvalue weighted by Crippen LogP contribution is -2.41. The smallest absolute Gasteiger partial charge is 0.338 e. The van der Waals surface area contributed by atoms with Crippen LogP contribution in [-0.2, 0) is 27.3 Å². The number of nitrogens with zero attached hydrogens (tertiary/aromatic N) is 2. The van der Waals surface area contributed by atoms with Crippen LogP contribution in [0.15, 0.2) is 41.0 Å². The molecule has 3 heterocycles. The molecule has 2 aliphatic rings. The van der Waals surface area contributed by atoms with E-state index in [1.54, 1.807) is 34.3 Å². The summed E-state index contributed by atoms with van der Waals surface area (Å²) in [5.41, 5.74) is 2.08. The first-order valence-electron chi connectivity index (χ1n) is 9.40. The van der Waals surface area contributed by atoms with Crippen LogP contribution in [0.25, 0.3) is 0 Å². The van der Waals surface area contributed by atoms with E-state index in [1.807, 2.05) is 12.1 Å². The van der Waals surface area contributed by atoms with Gasteiger partial charge in [0.1, 0.15) is 5.76 Å². The summed E-state index contributed by atoms with van der Waals surface area (Å²) in [6, 6.07) is 8.94. The molecule has 2 aromatic rings. The molecule has 1 fully saturated rings. The number of rotatable bonds is 4. The first kappa shape index (κ1) is 18.3. The van der Waals surface area contributed by atoms with Crippen molar-refractivity contribution in [2.24, 2.45) is 5.92 Å². The maximum absolute atomic E-state index is 13.2. The predicted molar refractivity (Wildman–Crippen MR) is 101 cm³/mol. The molecule has 1 unspecified atom stereocenters. The third-order valence-electron chi connectivity index (χ3n) is 5.41. The van der Waals surface area contributed by atoms with Crippen molar-refractivity contribution in [3.63, 3.8) is 0 Å². The Hall–Kier alpha value is -3.09. The molecule has 7 heteroatoms. The minimum Gasteiger partial charge on any atom is -0.467 e. The number of ether oxygens (including phenoxy) is 1. The molecule has 146 valence electrons. The van der Waals surface area contributed by atoms with Crippen LogP contribution in [0.4, 0.5) is 5.69 Å². The molecule has 4 rings (SSSR count). The molecule has 2 aliphatic heterocycles. The van der Waals surface area contributed by atoms with Crippen LogP contribution < -0.4 is 4.90 Å². The maximum Gasteiger partial charge on any atom is 0.338 e. The lowest BCUT2D eigenvalue weighted by atomic mass is 9.94. The van der Waals surface area contributed by atoms with Crippen molar-refractivity contribution in [3.05, 3.63) is 53.5 Å². The number of furan rings is 1. The normalized spacial score (nSPS) is 18.9. The van der Waals surface area contributed by atoms with E-state index in [2.05, 4.69) is 0 Å². The lowest BCUT2D eigenvalue weighted by molar-refractivity contribution is -0.129. The molecule has 1 saturated heterocycles. The van der Waals surface area contributed by atoms with Gasteiger partial charge in [0.05, 0.1) is 31.4 Å². The van der Waals surface area contributed by atoms with Gasteiger partial charge in [0.15, 0.2) is 0 Å². The summed E-state index contributed by atoms with van der Waals surface area (Å²) < 4.78 is 10.2. The molecule has 2 amide bonds. The number of hydrogen-bond donors (Lipinski definition) is 0. The molecule has 1 aromatic carbocycles. The van der Waals surface area contributed by atoms with Crippen LogP contribution in [0.2, 0.25) is 0 Å². The van der Waals surface area contributed by atoms with E-state index in [-0.39, 0.29) is 18.2 Å². The van der Waals surface area contributed by atoms with E-state index in [0.29, 0.717) is 31.0 Å². The van der Waals surface area contributed by atoms with E-state index in [4.69, 9.17) is 9.15 Å². The van der Waals surface area contributed by atoms with Crippen molar-refractivity contribution < 1.29 is 23.5 Å². The number of benzene rings is 1. The highest BCUT2D eigenvalue weighted by molar-refractivity contribution is 6.02. The van der Waals surface area contributed by atoms with Gasteiger partial charge in [-0.25, -0.2) is 4.79 Å². The van der Waals surface area contributed by atoms with Gasteiger partial charge < -0.3 is 19.0 Å². The van der Waals surface area contributed by atoms with Crippen molar-refractivity contribution in [1.29, 1.82) is 0 Å². The van der Waals surface area contributed by atoms with Crippen LogP contribution in [0.1, 0.15) is 34.5 Å². The second-order valence-corrected chi connectivity index (χ2v) is 7.14. The quantitative estimate of drug-likeness (QED) is 0.759. The molecule has 0 N–H and O–H groups in total. The van der Waals surface area contributed by atoms with Gasteiger partial charge in [-0.05, 0) is 42.7 Å². The zero-order valence-electron chi connectivity index (χ0n) is 15.7. The van der Waals surface area contributed by atoms with Gasteiger partial charge in [0.25, 0.3) is 0 Å². The third-order valence-corrected chi connectivity index (χ3v) is 5.41. The SMILES string of the molecule is COC(=O)c1cccc2c1CCCN2C(=O)C1CC(=O)N(Cc2ccco2)C1. The van der Waals surface area contributed by atoms with Crippen molar-refractivity contribution in [3.8, 4) is 0 Å². The summed E-state index contributed by atoms with van der Waals surface area (Å²) >= 11 is 0. The van der Waals surface area contributed by atoms with Gasteiger partial charge in [0, 0.05) is 25.2 Å². The number of anilines is 1. The average Bonchev–Trinajstić information content (AvgIpc) is 3.36. The summed E-state index contributed by atoms with van der Waals surface area (Å²) in [5, 5.41) is 0. The highest BCUT2D eigenvalue weighted by atomic mass is 16.5. The third kappa shape index (κ3) is 3.28. The Morgan fingerprint density at radius 1 is 1.25 bits per heavy atom. The minimum absolute atomic E-state index is 0.0460. The summed E-state index contributed by atoms with van der Waals surface area (Å²) in [7, 11) is 1.35. The Morgan fingerprint density at radius 3 is 2.86 bits per heavy atom. The molecule has 0 saturated carbocycles. The number of fused-ring (bicyclic) bond motifs is 1. The Kier molecular flexibility index (Phi) is 4.90. The first-order chi connectivity index (χ1) is 13.6. The molecule has 0 spiro atoms. The van der Waals surface area contributed by atoms with Crippen LogP contribution in [-0.4, -0.2) is 42.9 Å². The predicted octanol–water partition coefficient (Wildman–Crippen LogP) is 2.39. The average molecular weight is 382 g/mol. The first-order valence-corrected chi connectivity index (χ1v) is 9.40. The number of amides is 2. The number of methoxy groups -OCH3 is 1. The number of esters is 1. The summed E-state index contributed by atoms with van der Waals surface area (Å²) in [6.45, 7) is 1.33. The van der Waals surface area contributed by atoms with Crippen molar-refractivity contribution in [1.82, 2.24) is 4.90 Å². The zero-order chi connectivity index (χ0) is 19.7. The van der Waals surface area contributed by atoms with Crippen molar-refractivity contribution in [2.45, 2.75) is 25.8 Å². The Balaban J connectivity index is 1.54. The van der Waals surface area contributed by atoms with E-state index in [0.717, 1.165) is 24.1 Å². The molecule has 0 radical (unpaired) electrons. The molecular weight excluding hydrogens is 360 g/mol. The number of carbonyl (C=O) groups excluding carboxylic acids is 3. The second-order valence-electron chi connectivity index (χ2n) is 7.14. The fraction of sp³-hybridized carbons (Fsp3) is 0.381. The van der Waals surface area contributed by atoms with Crippen LogP contribution in [0, 0.1) is 5.92 Å². The molecule has 1 atom stereocenters. The van der Waals surface area contributed by atoms with E-state index in [9.17, 15) is 14.4 Å². The number of likely N-dealkylation sites (tertiary alicyclic amines) is 1. The van der Waals surface area contributed by atoms with Crippen molar-refractivity contribution in [2.75, 3.05) is 25.1 Å². The molecule has 1 aromatic heterocycles. The highest BCUT2D eigenvalue weighted by Crippen LogP contribution is 2.33. The zero-order valence-corrected chi connectivity index (χ0v) is 15.7. The Morgan fingerprint density at radius 2 is 2.11 bits per heavy atom. The maximum atomic E-state index is 13.2. The monoisotopic (exact) mass is 382 g/mol. The van der Waals surface area contributed by atoms with Gasteiger partial charge in [-0.2, -0.15) is 0 Å². The van der Waals surface area contributed by atoms with Crippen molar-refractivity contribution >= 4 is 23.5 Å². The second kappa shape index (κ2) is 7.50. The van der Waals surface area contributed by atoms with Crippen LogP contribution in [0.3, 0.4) is 0 Å². The molecule has 0 bridgehead atoms. The van der Waals surface area contributed by atoms with Gasteiger partial charge in [-0.3, -0.25) is 9.59 Å². The highest BCUT2D eigenvalue weighted by Gasteiger charge is 2.38. The summed E-state index contributed by atoms with van der Waals surface area (Å²) in [6.07, 6.45) is 3.26. The van der Waals surface area contributed by atoms with E-state index in [1.165, 1.54) is 7.11 Å². The summed E-state index contributed by atoms with van der Waals surface area (Å²) in [5.74, 6) is -0.206. The molecular formula is C21H22N2O5. The van der Waals surface area contributed by atoms with Gasteiger partial charge in [0.2, 0.25) is 11.8 Å². The van der Waals surface area contributed by atoms with E-state index < -0.39 is 11.9 Å². The number of carbonyl (C=O) groups is 3. The standard InChI is InChI=1S/C21H22N2O5/c1-27-21(26)17-6-2-8-18-16(17)7-3-9-23(18)20(25)14-11-19(24)22(12-14)13-15-5-4-10-28-15/h2,4-6,8,10,14H,3,7,9,11-13H2,1H3. The molecule has 0 aliphatic carbocycles. The topological polar surface area (TPSA) is 80.1 Å². The Labute approximate surface area is 162 Å². The largest absolute Gasteiger partial charge is 0.467 e. The fourth-order valence-corrected chi connectivity index (χ4v) is 4.06. The van der Waals surface area contributed by atoms with Gasteiger partial charge in [-0.1, -0.05) is 6.07 Å². The summed E-state index contributed by atoms with van der Waals surface area (Å²) in [4.78, 5) is 41.0. The lowest BCUT2D eigenvalue weighted by Gasteiger charge is -2.32. The minimum atomic E-state index is -0.396.